The van der Waals surface area contributed by atoms with Crippen LogP contribution in [-0.4, -0.2) is 22.7 Å². The number of rotatable bonds is 6. The largest absolute Gasteiger partial charge is 0.493 e. The number of nitrogens with zero attached hydrogens (tertiary/aromatic N) is 2. The van der Waals surface area contributed by atoms with Gasteiger partial charge >= 0.3 is 0 Å². The minimum absolute atomic E-state index is 0.118. The first-order valence-corrected chi connectivity index (χ1v) is 7.28. The predicted molar refractivity (Wildman–Crippen MR) is 79.2 cm³/mol. The Labute approximate surface area is 122 Å². The van der Waals surface area contributed by atoms with Gasteiger partial charge < -0.3 is 10.1 Å². The molecule has 2 aromatic rings. The van der Waals surface area contributed by atoms with Crippen LogP contribution in [0, 0.1) is 0 Å². The van der Waals surface area contributed by atoms with Crippen LogP contribution in [0.2, 0.25) is 0 Å². The van der Waals surface area contributed by atoms with Crippen LogP contribution in [0.3, 0.4) is 0 Å². The highest BCUT2D eigenvalue weighted by atomic mass is 32.1. The van der Waals surface area contributed by atoms with Crippen LogP contribution in [0.4, 0.5) is 5.13 Å². The molecule has 0 unspecified atom stereocenters. The fraction of sp³-hybridized carbons (Fsp3) is 0.357. The second-order valence-electron chi connectivity index (χ2n) is 4.56. The van der Waals surface area contributed by atoms with Crippen LogP contribution in [-0.2, 0) is 4.79 Å². The monoisotopic (exact) mass is 291 g/mol. The second kappa shape index (κ2) is 7.00. The van der Waals surface area contributed by atoms with Gasteiger partial charge in [0.1, 0.15) is 10.8 Å². The second-order valence-corrected chi connectivity index (χ2v) is 5.57. The molecule has 6 heteroatoms. The zero-order valence-electron chi connectivity index (χ0n) is 11.5. The van der Waals surface area contributed by atoms with Gasteiger partial charge in [-0.25, -0.2) is 0 Å². The minimum Gasteiger partial charge on any atom is -0.493 e. The maximum Gasteiger partial charge on any atom is 0.229 e. The van der Waals surface area contributed by atoms with Crippen LogP contribution >= 0.6 is 11.3 Å². The lowest BCUT2D eigenvalue weighted by Gasteiger charge is -2.05. The number of amides is 1. The standard InChI is InChI=1S/C14H17N3O2S/c1-10(2)13-16-17-14(20-13)15-12(18)8-9-19-11-6-4-3-5-7-11/h3-7,10H,8-9H2,1-2H3,(H,15,17,18). The number of anilines is 1. The zero-order chi connectivity index (χ0) is 14.4. The van der Waals surface area contributed by atoms with Gasteiger partial charge in [-0.05, 0) is 12.1 Å². The summed E-state index contributed by atoms with van der Waals surface area (Å²) in [5, 5.41) is 12.1. The lowest BCUT2D eigenvalue weighted by atomic mass is 10.2. The Morgan fingerprint density at radius 2 is 2.05 bits per heavy atom. The molecule has 0 aliphatic carbocycles. The van der Waals surface area contributed by atoms with Gasteiger partial charge in [-0.1, -0.05) is 43.4 Å². The Bertz CT molecular complexity index is 555. The molecule has 1 heterocycles. The molecule has 0 bridgehead atoms. The van der Waals surface area contributed by atoms with Gasteiger partial charge in [0, 0.05) is 5.92 Å². The fourth-order valence-electron chi connectivity index (χ4n) is 1.48. The molecule has 20 heavy (non-hydrogen) atoms. The van der Waals surface area contributed by atoms with E-state index in [1.54, 1.807) is 0 Å². The van der Waals surface area contributed by atoms with Gasteiger partial charge in [0.25, 0.3) is 0 Å². The SMILES string of the molecule is CC(C)c1nnc(NC(=O)CCOc2ccccc2)s1. The van der Waals surface area contributed by atoms with Crippen molar-refractivity contribution in [1.82, 2.24) is 10.2 Å². The van der Waals surface area contributed by atoms with E-state index in [0.717, 1.165) is 10.8 Å². The van der Waals surface area contributed by atoms with Crippen molar-refractivity contribution in [2.75, 3.05) is 11.9 Å². The van der Waals surface area contributed by atoms with E-state index in [-0.39, 0.29) is 12.3 Å². The van der Waals surface area contributed by atoms with Crippen LogP contribution in [0.5, 0.6) is 5.75 Å². The number of hydrogen-bond acceptors (Lipinski definition) is 5. The molecule has 0 atom stereocenters. The molecule has 0 spiro atoms. The van der Waals surface area contributed by atoms with Crippen LogP contribution in [0.25, 0.3) is 0 Å². The molecule has 0 aliphatic rings. The van der Waals surface area contributed by atoms with E-state index in [1.807, 2.05) is 44.2 Å². The summed E-state index contributed by atoms with van der Waals surface area (Å²) in [5.41, 5.74) is 0. The maximum absolute atomic E-state index is 11.7. The minimum atomic E-state index is -0.118. The number of ether oxygens (including phenoxy) is 1. The van der Waals surface area contributed by atoms with Crippen molar-refractivity contribution in [3.8, 4) is 5.75 Å². The summed E-state index contributed by atoms with van der Waals surface area (Å²) >= 11 is 1.40. The average Bonchev–Trinajstić information content (AvgIpc) is 2.88. The van der Waals surface area contributed by atoms with Crippen molar-refractivity contribution in [3.63, 3.8) is 0 Å². The molecular weight excluding hydrogens is 274 g/mol. The van der Waals surface area contributed by atoms with E-state index in [1.165, 1.54) is 11.3 Å². The molecule has 1 amide bonds. The van der Waals surface area contributed by atoms with Gasteiger partial charge in [-0.3, -0.25) is 4.79 Å². The molecule has 0 radical (unpaired) electrons. The van der Waals surface area contributed by atoms with Crippen molar-refractivity contribution in [3.05, 3.63) is 35.3 Å². The quantitative estimate of drug-likeness (QED) is 0.888. The molecule has 5 nitrogen and oxygen atoms in total. The first kappa shape index (κ1) is 14.5. The number of para-hydroxylation sites is 1. The lowest BCUT2D eigenvalue weighted by molar-refractivity contribution is -0.116. The Balaban J connectivity index is 1.75. The first-order valence-electron chi connectivity index (χ1n) is 6.46. The third-order valence-corrected chi connectivity index (χ3v) is 3.66. The molecule has 0 fully saturated rings. The summed E-state index contributed by atoms with van der Waals surface area (Å²) in [7, 11) is 0. The van der Waals surface area contributed by atoms with Gasteiger partial charge in [-0.15, -0.1) is 10.2 Å². The summed E-state index contributed by atoms with van der Waals surface area (Å²) in [5.74, 6) is 0.963. The van der Waals surface area contributed by atoms with E-state index in [2.05, 4.69) is 15.5 Å². The van der Waals surface area contributed by atoms with E-state index in [9.17, 15) is 4.79 Å². The van der Waals surface area contributed by atoms with Gasteiger partial charge in [0.15, 0.2) is 0 Å². The van der Waals surface area contributed by atoms with Crippen molar-refractivity contribution in [2.24, 2.45) is 0 Å². The number of benzene rings is 1. The number of carbonyl (C=O) groups is 1. The van der Waals surface area contributed by atoms with E-state index in [0.29, 0.717) is 17.7 Å². The molecule has 1 N–H and O–H groups in total. The predicted octanol–water partition coefficient (Wildman–Crippen LogP) is 3.07. The molecule has 2 rings (SSSR count). The number of nitrogens with one attached hydrogen (secondary N) is 1. The molecule has 0 saturated carbocycles. The van der Waals surface area contributed by atoms with Crippen molar-refractivity contribution in [2.45, 2.75) is 26.2 Å². The maximum atomic E-state index is 11.7. The van der Waals surface area contributed by atoms with E-state index in [4.69, 9.17) is 4.74 Å². The summed E-state index contributed by atoms with van der Waals surface area (Å²) in [6.07, 6.45) is 0.283. The van der Waals surface area contributed by atoms with Gasteiger partial charge in [-0.2, -0.15) is 0 Å². The molecule has 1 aromatic heterocycles. The Morgan fingerprint density at radius 3 is 2.70 bits per heavy atom. The summed E-state index contributed by atoms with van der Waals surface area (Å²) < 4.78 is 5.46. The Hall–Kier alpha value is -1.95. The Kier molecular flexibility index (Phi) is 5.06. The molecular formula is C14H17N3O2S. The van der Waals surface area contributed by atoms with Crippen LogP contribution in [0.15, 0.2) is 30.3 Å². The lowest BCUT2D eigenvalue weighted by Crippen LogP contribution is -2.15. The molecule has 1 aromatic carbocycles. The zero-order valence-corrected chi connectivity index (χ0v) is 12.3. The van der Waals surface area contributed by atoms with Crippen molar-refractivity contribution < 1.29 is 9.53 Å². The van der Waals surface area contributed by atoms with Crippen molar-refractivity contribution in [1.29, 1.82) is 0 Å². The molecule has 106 valence electrons. The highest BCUT2D eigenvalue weighted by molar-refractivity contribution is 7.15. The highest BCUT2D eigenvalue weighted by Gasteiger charge is 2.10. The Morgan fingerprint density at radius 1 is 1.30 bits per heavy atom. The van der Waals surface area contributed by atoms with E-state index >= 15 is 0 Å². The van der Waals surface area contributed by atoms with Gasteiger partial charge in [0.05, 0.1) is 13.0 Å². The van der Waals surface area contributed by atoms with E-state index < -0.39 is 0 Å². The highest BCUT2D eigenvalue weighted by Crippen LogP contribution is 2.22. The number of hydrogen-bond donors (Lipinski definition) is 1. The normalized spacial score (nSPS) is 10.6. The van der Waals surface area contributed by atoms with Crippen LogP contribution < -0.4 is 10.1 Å². The molecule has 0 saturated heterocycles. The van der Waals surface area contributed by atoms with Crippen molar-refractivity contribution >= 4 is 22.4 Å². The summed E-state index contributed by atoms with van der Waals surface area (Å²) in [6, 6.07) is 9.42. The molecule has 0 aliphatic heterocycles. The first-order chi connectivity index (χ1) is 9.65. The summed E-state index contributed by atoms with van der Waals surface area (Å²) in [6.45, 7) is 4.42. The third-order valence-electron chi connectivity index (χ3n) is 2.52. The topological polar surface area (TPSA) is 64.1 Å². The number of carbonyl (C=O) groups excluding carboxylic acids is 1. The number of aromatic nitrogens is 2. The average molecular weight is 291 g/mol. The fourth-order valence-corrected chi connectivity index (χ4v) is 2.24. The third kappa shape index (κ3) is 4.31. The van der Waals surface area contributed by atoms with Crippen LogP contribution in [0.1, 0.15) is 31.2 Å². The van der Waals surface area contributed by atoms with Gasteiger partial charge in [0.2, 0.25) is 11.0 Å². The smallest absolute Gasteiger partial charge is 0.229 e. The summed E-state index contributed by atoms with van der Waals surface area (Å²) in [4.78, 5) is 11.7.